The molecule has 3 aromatic rings. The summed E-state index contributed by atoms with van der Waals surface area (Å²) in [6.45, 7) is 6.31. The third-order valence-electron chi connectivity index (χ3n) is 7.46. The maximum absolute atomic E-state index is 13.8. The lowest BCUT2D eigenvalue weighted by Crippen LogP contribution is -2.44. The van der Waals surface area contributed by atoms with Gasteiger partial charge in [-0.1, -0.05) is 35.9 Å². The van der Waals surface area contributed by atoms with Gasteiger partial charge in [-0.2, -0.15) is 9.40 Å². The number of sulfonamides is 1. The largest absolute Gasteiger partial charge is 0.326 e. The monoisotopic (exact) mass is 535 g/mol. The van der Waals surface area contributed by atoms with Gasteiger partial charge in [-0.05, 0) is 63.8 Å². The van der Waals surface area contributed by atoms with Gasteiger partial charge in [-0.15, -0.1) is 0 Å². The SMILES string of the molecule is Cc1ccc(NC(=O)[C@H]2CCCN(S(=O)(=O)c3c(C)nn(CC(=O)N4CCc5ccccc54)c3C)C2)cc1. The highest BCUT2D eigenvalue weighted by Gasteiger charge is 2.37. The predicted octanol–water partition coefficient (Wildman–Crippen LogP) is 3.44. The molecule has 1 saturated heterocycles. The molecular formula is C28H33N5O4S. The average molecular weight is 536 g/mol. The molecule has 10 heteroatoms. The number of nitrogens with one attached hydrogen (secondary N) is 1. The van der Waals surface area contributed by atoms with Crippen LogP contribution in [0.2, 0.25) is 0 Å². The quantitative estimate of drug-likeness (QED) is 0.521. The Morgan fingerprint density at radius 2 is 1.76 bits per heavy atom. The predicted molar refractivity (Wildman–Crippen MR) is 145 cm³/mol. The molecule has 0 saturated carbocycles. The maximum atomic E-state index is 13.8. The molecule has 5 rings (SSSR count). The molecule has 0 aliphatic carbocycles. The number of nitrogens with zero attached hydrogens (tertiary/aromatic N) is 4. The number of hydrogen-bond donors (Lipinski definition) is 1. The summed E-state index contributed by atoms with van der Waals surface area (Å²) in [6.07, 6.45) is 2.00. The second kappa shape index (κ2) is 10.3. The molecule has 1 aromatic heterocycles. The lowest BCUT2D eigenvalue weighted by Gasteiger charge is -2.31. The second-order valence-electron chi connectivity index (χ2n) is 10.1. The molecule has 38 heavy (non-hydrogen) atoms. The van der Waals surface area contributed by atoms with Gasteiger partial charge in [0.2, 0.25) is 21.8 Å². The molecule has 9 nitrogen and oxygen atoms in total. The van der Waals surface area contributed by atoms with Gasteiger partial charge in [0, 0.05) is 31.0 Å². The van der Waals surface area contributed by atoms with Crippen LogP contribution in [-0.2, 0) is 32.6 Å². The molecule has 1 N–H and O–H groups in total. The van der Waals surface area contributed by atoms with Crippen molar-refractivity contribution in [2.75, 3.05) is 29.9 Å². The highest BCUT2D eigenvalue weighted by molar-refractivity contribution is 7.89. The van der Waals surface area contributed by atoms with E-state index < -0.39 is 15.9 Å². The number of aromatic nitrogens is 2. The van der Waals surface area contributed by atoms with E-state index >= 15 is 0 Å². The smallest absolute Gasteiger partial charge is 0.248 e. The van der Waals surface area contributed by atoms with E-state index in [9.17, 15) is 18.0 Å². The first kappa shape index (κ1) is 26.1. The zero-order chi connectivity index (χ0) is 27.0. The topological polar surface area (TPSA) is 105 Å². The van der Waals surface area contributed by atoms with Crippen LogP contribution in [0, 0.1) is 26.7 Å². The molecule has 1 fully saturated rings. The molecular weight excluding hydrogens is 502 g/mol. The normalized spacial score (nSPS) is 17.9. The summed E-state index contributed by atoms with van der Waals surface area (Å²) in [5.74, 6) is -0.767. The highest BCUT2D eigenvalue weighted by Crippen LogP contribution is 2.30. The van der Waals surface area contributed by atoms with Crippen LogP contribution in [0.5, 0.6) is 0 Å². The number of fused-ring (bicyclic) bond motifs is 1. The van der Waals surface area contributed by atoms with Crippen LogP contribution in [0.4, 0.5) is 11.4 Å². The molecule has 2 aromatic carbocycles. The minimum absolute atomic E-state index is 0.0435. The van der Waals surface area contributed by atoms with Crippen molar-refractivity contribution in [3.63, 3.8) is 0 Å². The van der Waals surface area contributed by atoms with E-state index in [1.54, 1.807) is 18.7 Å². The van der Waals surface area contributed by atoms with Crippen molar-refractivity contribution >= 4 is 33.2 Å². The van der Waals surface area contributed by atoms with Crippen LogP contribution in [-0.4, -0.2) is 54.0 Å². The van der Waals surface area contributed by atoms with Gasteiger partial charge < -0.3 is 10.2 Å². The Balaban J connectivity index is 1.31. The number of carbonyl (C=O) groups excluding carboxylic acids is 2. The molecule has 0 unspecified atom stereocenters. The Morgan fingerprint density at radius 1 is 1.03 bits per heavy atom. The summed E-state index contributed by atoms with van der Waals surface area (Å²) in [4.78, 5) is 27.9. The lowest BCUT2D eigenvalue weighted by atomic mass is 9.98. The number of anilines is 2. The first-order valence-corrected chi connectivity index (χ1v) is 14.4. The van der Waals surface area contributed by atoms with Crippen molar-refractivity contribution in [2.45, 2.75) is 51.5 Å². The zero-order valence-corrected chi connectivity index (χ0v) is 22.8. The summed E-state index contributed by atoms with van der Waals surface area (Å²) in [6, 6.07) is 15.3. The Kier molecular flexibility index (Phi) is 7.11. The van der Waals surface area contributed by atoms with Gasteiger partial charge in [-0.25, -0.2) is 8.42 Å². The van der Waals surface area contributed by atoms with Crippen LogP contribution in [0.15, 0.2) is 53.4 Å². The third kappa shape index (κ3) is 4.98. The van der Waals surface area contributed by atoms with Crippen molar-refractivity contribution in [2.24, 2.45) is 5.92 Å². The fraction of sp³-hybridized carbons (Fsp3) is 0.393. The molecule has 0 radical (unpaired) electrons. The molecule has 0 bridgehead atoms. The summed E-state index contributed by atoms with van der Waals surface area (Å²) in [5.41, 5.74) is 4.59. The Labute approximate surface area is 223 Å². The van der Waals surface area contributed by atoms with Gasteiger partial charge in [0.1, 0.15) is 11.4 Å². The Morgan fingerprint density at radius 3 is 2.53 bits per heavy atom. The molecule has 200 valence electrons. The van der Waals surface area contributed by atoms with Gasteiger partial charge in [0.15, 0.2) is 0 Å². The van der Waals surface area contributed by atoms with Gasteiger partial charge in [0.05, 0.1) is 17.3 Å². The van der Waals surface area contributed by atoms with Crippen LogP contribution < -0.4 is 10.2 Å². The molecule has 2 aliphatic heterocycles. The Hall–Kier alpha value is -3.50. The number of amides is 2. The first-order chi connectivity index (χ1) is 18.1. The van der Waals surface area contributed by atoms with E-state index in [1.807, 2.05) is 55.5 Å². The van der Waals surface area contributed by atoms with Crippen molar-refractivity contribution in [3.05, 3.63) is 71.0 Å². The minimum atomic E-state index is -3.91. The van der Waals surface area contributed by atoms with Crippen LogP contribution in [0.25, 0.3) is 0 Å². The first-order valence-electron chi connectivity index (χ1n) is 12.9. The Bertz CT molecular complexity index is 1480. The van der Waals surface area contributed by atoms with Gasteiger partial charge >= 0.3 is 0 Å². The van der Waals surface area contributed by atoms with Crippen molar-refractivity contribution < 1.29 is 18.0 Å². The van der Waals surface area contributed by atoms with E-state index in [4.69, 9.17) is 0 Å². The second-order valence-corrected chi connectivity index (χ2v) is 12.0. The number of hydrogen-bond acceptors (Lipinski definition) is 5. The van der Waals surface area contributed by atoms with E-state index in [0.29, 0.717) is 43.0 Å². The summed E-state index contributed by atoms with van der Waals surface area (Å²) in [7, 11) is -3.91. The van der Waals surface area contributed by atoms with Crippen molar-refractivity contribution in [3.8, 4) is 0 Å². The highest BCUT2D eigenvalue weighted by atomic mass is 32.2. The summed E-state index contributed by atoms with van der Waals surface area (Å²) < 4.78 is 30.4. The zero-order valence-electron chi connectivity index (χ0n) is 22.0. The molecule has 0 spiro atoms. The van der Waals surface area contributed by atoms with Crippen molar-refractivity contribution in [1.29, 1.82) is 0 Å². The summed E-state index contributed by atoms with van der Waals surface area (Å²) in [5, 5.41) is 7.35. The number of carbonyl (C=O) groups is 2. The van der Waals surface area contributed by atoms with Crippen LogP contribution in [0.1, 0.15) is 35.4 Å². The van der Waals surface area contributed by atoms with Crippen LogP contribution in [0.3, 0.4) is 0 Å². The molecule has 1 atom stereocenters. The van der Waals surface area contributed by atoms with E-state index in [-0.39, 0.29) is 29.8 Å². The standard InChI is InChI=1S/C28H33N5O4S/c1-19-10-12-24(13-11-19)29-28(35)23-8-6-15-31(17-23)38(36,37)27-20(2)30-33(21(27)3)18-26(34)32-16-14-22-7-4-5-9-25(22)32/h4-5,7,9-13,23H,6,8,14-18H2,1-3H3,(H,29,35)/t23-/m0/s1. The molecule has 3 heterocycles. The van der Waals surface area contributed by atoms with Gasteiger partial charge in [-0.3, -0.25) is 14.3 Å². The van der Waals surface area contributed by atoms with E-state index in [2.05, 4.69) is 10.4 Å². The summed E-state index contributed by atoms with van der Waals surface area (Å²) >= 11 is 0. The number of rotatable bonds is 6. The fourth-order valence-corrected chi connectivity index (χ4v) is 7.30. The van der Waals surface area contributed by atoms with Crippen LogP contribution >= 0.6 is 0 Å². The maximum Gasteiger partial charge on any atom is 0.248 e. The number of aryl methyl sites for hydroxylation is 2. The molecule has 2 amide bonds. The lowest BCUT2D eigenvalue weighted by molar-refractivity contribution is -0.121. The number of piperidine rings is 1. The minimum Gasteiger partial charge on any atom is -0.326 e. The van der Waals surface area contributed by atoms with Crippen molar-refractivity contribution in [1.82, 2.24) is 14.1 Å². The number of benzene rings is 2. The third-order valence-corrected chi connectivity index (χ3v) is 9.58. The number of para-hydroxylation sites is 1. The van der Waals surface area contributed by atoms with E-state index in [1.165, 1.54) is 8.99 Å². The van der Waals surface area contributed by atoms with Gasteiger partial charge in [0.25, 0.3) is 0 Å². The van der Waals surface area contributed by atoms with E-state index in [0.717, 1.165) is 23.2 Å². The average Bonchev–Trinajstić information content (AvgIpc) is 3.46. The molecule has 2 aliphatic rings. The fourth-order valence-electron chi connectivity index (χ4n) is 5.40.